The number of amides is 1. The highest BCUT2D eigenvalue weighted by Gasteiger charge is 2.47. The molecule has 2 bridgehead atoms. The number of ketones is 1. The molecule has 2 unspecified atom stereocenters. The molecule has 3 aromatic rings. The summed E-state index contributed by atoms with van der Waals surface area (Å²) in [4.78, 5) is 27.7. The number of hydrogen-bond acceptors (Lipinski definition) is 3. The number of rotatable bonds is 4. The molecule has 0 aromatic heterocycles. The number of carbonyl (C=O) groups is 2. The van der Waals surface area contributed by atoms with Crippen LogP contribution in [0.2, 0.25) is 0 Å². The normalized spacial score (nSPS) is 21.8. The van der Waals surface area contributed by atoms with Gasteiger partial charge in [0.1, 0.15) is 6.61 Å². The molecule has 2 fully saturated rings. The number of nitrogens with zero attached hydrogens (tertiary/aromatic N) is 1. The first-order valence-corrected chi connectivity index (χ1v) is 12.5. The van der Waals surface area contributed by atoms with E-state index in [1.807, 2.05) is 48.5 Å². The Balaban J connectivity index is 1.17. The van der Waals surface area contributed by atoms with Crippen LogP contribution in [0, 0.1) is 35.0 Å². The fourth-order valence-corrected chi connectivity index (χ4v) is 6.38. The van der Waals surface area contributed by atoms with Gasteiger partial charge in [0.2, 0.25) is 5.82 Å². The summed E-state index contributed by atoms with van der Waals surface area (Å²) in [5.74, 6) is -13.1. The third kappa shape index (κ3) is 3.70. The highest BCUT2D eigenvalue weighted by molar-refractivity contribution is 5.98. The second-order valence-corrected chi connectivity index (χ2v) is 10.1. The van der Waals surface area contributed by atoms with Crippen LogP contribution < -0.4 is 0 Å². The molecule has 9 heteroatoms. The standard InChI is InChI=1S/C29H22F5NO3/c30-23-22(24(31)26(33)27(34)25(23)32)28(36)14-11-15-9-10-16(12-14)35(15)29(37)38-13-21-19-7-3-1-5-17(19)18-6-2-4-8-20(18)21/h1-8,14-16,21H,9-13H2. The zero-order chi connectivity index (χ0) is 26.7. The molecule has 2 atom stereocenters. The lowest BCUT2D eigenvalue weighted by atomic mass is 9.84. The average Bonchev–Trinajstić information content (AvgIpc) is 3.39. The minimum atomic E-state index is -2.30. The lowest BCUT2D eigenvalue weighted by Gasteiger charge is -2.37. The molecule has 1 aliphatic carbocycles. The van der Waals surface area contributed by atoms with Gasteiger partial charge in [-0.15, -0.1) is 0 Å². The minimum Gasteiger partial charge on any atom is -0.448 e. The number of fused-ring (bicyclic) bond motifs is 5. The maximum Gasteiger partial charge on any atom is 0.410 e. The Morgan fingerprint density at radius 2 is 1.21 bits per heavy atom. The second-order valence-electron chi connectivity index (χ2n) is 10.1. The van der Waals surface area contributed by atoms with Gasteiger partial charge in [0.15, 0.2) is 29.1 Å². The highest BCUT2D eigenvalue weighted by Crippen LogP contribution is 2.45. The summed E-state index contributed by atoms with van der Waals surface area (Å²) in [6.07, 6.45) is 0.672. The van der Waals surface area contributed by atoms with Gasteiger partial charge in [-0.1, -0.05) is 48.5 Å². The Hall–Kier alpha value is -3.75. The molecule has 1 amide bonds. The molecule has 3 aliphatic rings. The largest absolute Gasteiger partial charge is 0.448 e. The van der Waals surface area contributed by atoms with Gasteiger partial charge in [0.05, 0.1) is 5.56 Å². The quantitative estimate of drug-likeness (QED) is 0.163. The Morgan fingerprint density at radius 1 is 0.737 bits per heavy atom. The summed E-state index contributed by atoms with van der Waals surface area (Å²) in [5.41, 5.74) is 2.90. The van der Waals surface area contributed by atoms with Crippen molar-refractivity contribution in [2.24, 2.45) is 5.92 Å². The van der Waals surface area contributed by atoms with Gasteiger partial charge in [-0.2, -0.15) is 0 Å². The zero-order valence-corrected chi connectivity index (χ0v) is 20.0. The van der Waals surface area contributed by atoms with Crippen LogP contribution >= 0.6 is 0 Å². The zero-order valence-electron chi connectivity index (χ0n) is 20.0. The van der Waals surface area contributed by atoms with E-state index in [1.165, 1.54) is 0 Å². The number of Topliss-reactive ketones (excluding diaryl/α,β-unsaturated/α-hetero) is 1. The van der Waals surface area contributed by atoms with E-state index in [2.05, 4.69) is 0 Å². The Bertz CT molecular complexity index is 1390. The summed E-state index contributed by atoms with van der Waals surface area (Å²) in [5, 5.41) is 0. The third-order valence-corrected chi connectivity index (χ3v) is 8.11. The summed E-state index contributed by atoms with van der Waals surface area (Å²) in [6.45, 7) is 0.121. The Kier molecular flexibility index (Phi) is 5.96. The maximum absolute atomic E-state index is 14.3. The average molecular weight is 527 g/mol. The first kappa shape index (κ1) is 24.6. The van der Waals surface area contributed by atoms with Gasteiger partial charge < -0.3 is 9.64 Å². The number of piperidine rings is 1. The topological polar surface area (TPSA) is 46.6 Å². The van der Waals surface area contributed by atoms with Crippen molar-refractivity contribution in [3.8, 4) is 11.1 Å². The molecule has 0 spiro atoms. The van der Waals surface area contributed by atoms with Crippen LogP contribution in [0.1, 0.15) is 53.1 Å². The van der Waals surface area contributed by atoms with E-state index in [4.69, 9.17) is 4.74 Å². The molecule has 38 heavy (non-hydrogen) atoms. The van der Waals surface area contributed by atoms with Gasteiger partial charge >= 0.3 is 6.09 Å². The highest BCUT2D eigenvalue weighted by atomic mass is 19.2. The fraction of sp³-hybridized carbons (Fsp3) is 0.310. The van der Waals surface area contributed by atoms with Crippen LogP contribution in [-0.2, 0) is 4.74 Å². The van der Waals surface area contributed by atoms with Crippen LogP contribution in [-0.4, -0.2) is 35.5 Å². The van der Waals surface area contributed by atoms with Crippen molar-refractivity contribution < 1.29 is 36.3 Å². The van der Waals surface area contributed by atoms with Gasteiger partial charge in [0.25, 0.3) is 0 Å². The lowest BCUT2D eigenvalue weighted by molar-refractivity contribution is 0.0501. The molecule has 0 N–H and O–H groups in total. The van der Waals surface area contributed by atoms with Crippen LogP contribution in [0.4, 0.5) is 26.7 Å². The van der Waals surface area contributed by atoms with E-state index in [9.17, 15) is 31.5 Å². The predicted octanol–water partition coefficient (Wildman–Crippen LogP) is 6.76. The van der Waals surface area contributed by atoms with Gasteiger partial charge in [-0.05, 0) is 47.9 Å². The summed E-state index contributed by atoms with van der Waals surface area (Å²) < 4.78 is 75.1. The van der Waals surface area contributed by atoms with Crippen molar-refractivity contribution in [3.05, 3.63) is 94.3 Å². The first-order chi connectivity index (χ1) is 18.3. The van der Waals surface area contributed by atoms with Crippen molar-refractivity contribution in [2.75, 3.05) is 6.61 Å². The monoisotopic (exact) mass is 527 g/mol. The van der Waals surface area contributed by atoms with E-state index in [1.54, 1.807) is 4.90 Å². The number of halogens is 5. The number of carbonyl (C=O) groups excluding carboxylic acids is 2. The molecule has 2 aliphatic heterocycles. The van der Waals surface area contributed by atoms with E-state index in [0.29, 0.717) is 12.8 Å². The van der Waals surface area contributed by atoms with Crippen LogP contribution in [0.3, 0.4) is 0 Å². The van der Waals surface area contributed by atoms with Gasteiger partial charge in [0, 0.05) is 23.9 Å². The number of benzene rings is 3. The smallest absolute Gasteiger partial charge is 0.410 e. The van der Waals surface area contributed by atoms with E-state index < -0.39 is 64.5 Å². The molecule has 2 heterocycles. The molecule has 0 saturated carbocycles. The van der Waals surface area contributed by atoms with E-state index in [0.717, 1.165) is 22.3 Å². The van der Waals surface area contributed by atoms with Crippen molar-refractivity contribution in [1.82, 2.24) is 4.90 Å². The first-order valence-electron chi connectivity index (χ1n) is 12.5. The maximum atomic E-state index is 14.3. The molecule has 4 nitrogen and oxygen atoms in total. The molecular weight excluding hydrogens is 505 g/mol. The van der Waals surface area contributed by atoms with Crippen molar-refractivity contribution in [3.63, 3.8) is 0 Å². The molecule has 6 rings (SSSR count). The Labute approximate surface area is 215 Å². The van der Waals surface area contributed by atoms with Crippen LogP contribution in [0.25, 0.3) is 11.1 Å². The molecule has 196 valence electrons. The van der Waals surface area contributed by atoms with Crippen LogP contribution in [0.15, 0.2) is 48.5 Å². The van der Waals surface area contributed by atoms with Gasteiger partial charge in [-0.25, -0.2) is 26.7 Å². The molecule has 2 saturated heterocycles. The lowest BCUT2D eigenvalue weighted by Crippen LogP contribution is -2.48. The fourth-order valence-electron chi connectivity index (χ4n) is 6.38. The van der Waals surface area contributed by atoms with Crippen molar-refractivity contribution >= 4 is 11.9 Å². The summed E-state index contributed by atoms with van der Waals surface area (Å²) in [6, 6.07) is 15.0. The number of ether oxygens (including phenoxy) is 1. The SMILES string of the molecule is O=C(c1c(F)c(F)c(F)c(F)c1F)C1CC2CCC(C1)N2C(=O)OCC1c2ccccc2-c2ccccc21. The second kappa shape index (κ2) is 9.22. The third-order valence-electron chi connectivity index (χ3n) is 8.11. The van der Waals surface area contributed by atoms with Crippen molar-refractivity contribution in [1.29, 1.82) is 0 Å². The van der Waals surface area contributed by atoms with E-state index >= 15 is 0 Å². The van der Waals surface area contributed by atoms with Crippen molar-refractivity contribution in [2.45, 2.75) is 43.7 Å². The summed E-state index contributed by atoms with van der Waals surface area (Å²) in [7, 11) is 0. The predicted molar refractivity (Wildman–Crippen MR) is 127 cm³/mol. The van der Waals surface area contributed by atoms with Gasteiger partial charge in [-0.3, -0.25) is 4.79 Å². The number of hydrogen-bond donors (Lipinski definition) is 0. The Morgan fingerprint density at radius 3 is 1.74 bits per heavy atom. The molecule has 3 aromatic carbocycles. The minimum absolute atomic E-state index is 0.0546. The molecule has 0 radical (unpaired) electrons. The van der Waals surface area contributed by atoms with E-state index in [-0.39, 0.29) is 25.4 Å². The molecular formula is C29H22F5NO3. The summed E-state index contributed by atoms with van der Waals surface area (Å²) >= 11 is 0. The van der Waals surface area contributed by atoms with Crippen LogP contribution in [0.5, 0.6) is 0 Å².